The van der Waals surface area contributed by atoms with E-state index in [1.54, 1.807) is 4.90 Å². The van der Waals surface area contributed by atoms with Gasteiger partial charge in [0, 0.05) is 32.4 Å². The zero-order valence-corrected chi connectivity index (χ0v) is 14.3. The molecule has 4 nitrogen and oxygen atoms in total. The molecule has 116 valence electrons. The molecule has 0 saturated carbocycles. The van der Waals surface area contributed by atoms with Crippen molar-refractivity contribution in [3.05, 3.63) is 29.8 Å². The van der Waals surface area contributed by atoms with Crippen molar-refractivity contribution in [1.29, 1.82) is 0 Å². The molecule has 1 aromatic rings. The van der Waals surface area contributed by atoms with Crippen LogP contribution in [0.3, 0.4) is 0 Å². The van der Waals surface area contributed by atoms with Crippen LogP contribution in [0.15, 0.2) is 24.3 Å². The van der Waals surface area contributed by atoms with Gasteiger partial charge in [0.2, 0.25) is 5.91 Å². The van der Waals surface area contributed by atoms with Crippen molar-refractivity contribution in [3.8, 4) is 0 Å². The second-order valence-electron chi connectivity index (χ2n) is 5.34. The Morgan fingerprint density at radius 1 is 1.33 bits per heavy atom. The topological polar surface area (TPSA) is 32.8 Å². The average molecular weight is 355 g/mol. The van der Waals surface area contributed by atoms with E-state index < -0.39 is 0 Å². The van der Waals surface area contributed by atoms with Gasteiger partial charge in [0.25, 0.3) is 0 Å². The molecule has 0 aliphatic carbocycles. The number of benzene rings is 1. The molecule has 1 amide bonds. The zero-order chi connectivity index (χ0) is 15.2. The van der Waals surface area contributed by atoms with Gasteiger partial charge in [-0.2, -0.15) is 0 Å². The Kier molecular flexibility index (Phi) is 6.06. The fraction of sp³-hybridized carbons (Fsp3) is 0.562. The molecule has 2 rings (SSSR count). The largest absolute Gasteiger partial charge is 0.378 e. The predicted octanol–water partition coefficient (Wildman–Crippen LogP) is 2.66. The summed E-state index contributed by atoms with van der Waals surface area (Å²) in [5.41, 5.74) is 2.38. The van der Waals surface area contributed by atoms with E-state index in [4.69, 9.17) is 4.74 Å². The number of anilines is 1. The van der Waals surface area contributed by atoms with E-state index in [1.165, 1.54) is 5.69 Å². The van der Waals surface area contributed by atoms with Gasteiger partial charge in [-0.25, -0.2) is 0 Å². The second kappa shape index (κ2) is 7.80. The first-order valence-corrected chi connectivity index (χ1v) is 8.34. The summed E-state index contributed by atoms with van der Waals surface area (Å²) in [5, 5.41) is 0. The number of hydrogen-bond acceptors (Lipinski definition) is 3. The van der Waals surface area contributed by atoms with Gasteiger partial charge < -0.3 is 14.5 Å². The van der Waals surface area contributed by atoms with E-state index >= 15 is 0 Å². The molecule has 0 aromatic heterocycles. The van der Waals surface area contributed by atoms with Crippen LogP contribution in [-0.2, 0) is 16.1 Å². The predicted molar refractivity (Wildman–Crippen MR) is 89.0 cm³/mol. The normalized spacial score (nSPS) is 16.6. The van der Waals surface area contributed by atoms with E-state index in [0.29, 0.717) is 6.54 Å². The van der Waals surface area contributed by atoms with Crippen LogP contribution < -0.4 is 4.90 Å². The highest BCUT2D eigenvalue weighted by molar-refractivity contribution is 9.10. The summed E-state index contributed by atoms with van der Waals surface area (Å²) in [6, 6.07) is 8.46. The van der Waals surface area contributed by atoms with Crippen LogP contribution in [-0.4, -0.2) is 49.0 Å². The van der Waals surface area contributed by atoms with Crippen LogP contribution in [0.25, 0.3) is 0 Å². The number of alkyl halides is 1. The summed E-state index contributed by atoms with van der Waals surface area (Å²) in [4.78, 5) is 16.1. The molecule has 0 N–H and O–H groups in total. The molecule has 0 bridgehead atoms. The minimum absolute atomic E-state index is 0.0878. The molecule has 0 radical (unpaired) electrons. The smallest absolute Gasteiger partial charge is 0.236 e. The van der Waals surface area contributed by atoms with Crippen LogP contribution in [0.2, 0.25) is 0 Å². The number of carbonyl (C=O) groups is 1. The molecule has 1 fully saturated rings. The summed E-state index contributed by atoms with van der Waals surface area (Å²) < 4.78 is 5.37. The van der Waals surface area contributed by atoms with Crippen molar-refractivity contribution in [2.24, 2.45) is 0 Å². The highest BCUT2D eigenvalue weighted by Crippen LogP contribution is 2.18. The first-order chi connectivity index (χ1) is 10.1. The minimum Gasteiger partial charge on any atom is -0.378 e. The summed E-state index contributed by atoms with van der Waals surface area (Å²) in [6.45, 7) is 6.12. The van der Waals surface area contributed by atoms with Gasteiger partial charge in [0.1, 0.15) is 0 Å². The van der Waals surface area contributed by atoms with Gasteiger partial charge in [-0.1, -0.05) is 35.0 Å². The average Bonchev–Trinajstić information content (AvgIpc) is 2.54. The van der Waals surface area contributed by atoms with Crippen molar-refractivity contribution < 1.29 is 9.53 Å². The summed E-state index contributed by atoms with van der Waals surface area (Å²) in [5.74, 6) is 0.134. The highest BCUT2D eigenvalue weighted by atomic mass is 79.9. The van der Waals surface area contributed by atoms with Crippen LogP contribution in [0, 0.1) is 0 Å². The number of amides is 1. The monoisotopic (exact) mass is 354 g/mol. The maximum Gasteiger partial charge on any atom is 0.236 e. The number of nitrogens with zero attached hydrogens (tertiary/aromatic N) is 2. The van der Waals surface area contributed by atoms with Crippen LogP contribution in [0.1, 0.15) is 18.9 Å². The molecule has 1 aliphatic rings. The van der Waals surface area contributed by atoms with Crippen molar-refractivity contribution in [2.75, 3.05) is 38.3 Å². The van der Waals surface area contributed by atoms with E-state index in [9.17, 15) is 4.79 Å². The third kappa shape index (κ3) is 4.45. The van der Waals surface area contributed by atoms with E-state index in [-0.39, 0.29) is 10.7 Å². The lowest BCUT2D eigenvalue weighted by Gasteiger charge is -2.29. The lowest BCUT2D eigenvalue weighted by molar-refractivity contribution is -0.129. The van der Waals surface area contributed by atoms with E-state index in [0.717, 1.165) is 38.3 Å². The van der Waals surface area contributed by atoms with Crippen molar-refractivity contribution >= 4 is 27.5 Å². The molecule has 1 atom stereocenters. The molecular weight excluding hydrogens is 332 g/mol. The quantitative estimate of drug-likeness (QED) is 0.762. The lowest BCUT2D eigenvalue weighted by Crippen LogP contribution is -2.36. The van der Waals surface area contributed by atoms with Crippen molar-refractivity contribution in [3.63, 3.8) is 0 Å². The number of halogens is 1. The van der Waals surface area contributed by atoms with E-state index in [1.807, 2.05) is 14.0 Å². The van der Waals surface area contributed by atoms with Gasteiger partial charge in [-0.05, 0) is 24.1 Å². The maximum atomic E-state index is 12.0. The van der Waals surface area contributed by atoms with Crippen LogP contribution >= 0.6 is 15.9 Å². The summed E-state index contributed by atoms with van der Waals surface area (Å²) >= 11 is 3.41. The molecule has 1 aliphatic heterocycles. The molecular formula is C16H23BrN2O2. The minimum atomic E-state index is -0.0878. The first-order valence-electron chi connectivity index (χ1n) is 7.42. The Bertz CT molecular complexity index is 458. The number of rotatable bonds is 5. The third-order valence-corrected chi connectivity index (χ3v) is 4.77. The standard InChI is InChI=1S/C16H23BrN2O2/c1-3-15(17)16(20)18(2)12-13-4-6-14(7-5-13)19-8-10-21-11-9-19/h4-7,15H,3,8-12H2,1-2H3. The summed E-state index contributed by atoms with van der Waals surface area (Å²) in [6.07, 6.45) is 0.805. The fourth-order valence-electron chi connectivity index (χ4n) is 2.40. The molecule has 1 unspecified atom stereocenters. The van der Waals surface area contributed by atoms with Gasteiger partial charge in [0.05, 0.1) is 18.0 Å². The number of hydrogen-bond donors (Lipinski definition) is 0. The van der Waals surface area contributed by atoms with E-state index in [2.05, 4.69) is 45.1 Å². The number of carbonyl (C=O) groups excluding carboxylic acids is 1. The molecule has 1 saturated heterocycles. The van der Waals surface area contributed by atoms with Gasteiger partial charge in [-0.3, -0.25) is 4.79 Å². The molecule has 21 heavy (non-hydrogen) atoms. The van der Waals surface area contributed by atoms with Gasteiger partial charge in [0.15, 0.2) is 0 Å². The number of morpholine rings is 1. The van der Waals surface area contributed by atoms with Gasteiger partial charge in [-0.15, -0.1) is 0 Å². The Morgan fingerprint density at radius 3 is 2.52 bits per heavy atom. The number of ether oxygens (including phenoxy) is 1. The van der Waals surface area contributed by atoms with Crippen molar-refractivity contribution in [2.45, 2.75) is 24.7 Å². The molecule has 0 spiro atoms. The van der Waals surface area contributed by atoms with Crippen LogP contribution in [0.4, 0.5) is 5.69 Å². The third-order valence-electron chi connectivity index (χ3n) is 3.73. The SMILES string of the molecule is CCC(Br)C(=O)N(C)Cc1ccc(N2CCOCC2)cc1. The second-order valence-corrected chi connectivity index (χ2v) is 6.44. The van der Waals surface area contributed by atoms with Gasteiger partial charge >= 0.3 is 0 Å². The maximum absolute atomic E-state index is 12.0. The zero-order valence-electron chi connectivity index (χ0n) is 12.7. The Labute approximate surface area is 135 Å². The lowest BCUT2D eigenvalue weighted by atomic mass is 10.1. The van der Waals surface area contributed by atoms with Crippen LogP contribution in [0.5, 0.6) is 0 Å². The van der Waals surface area contributed by atoms with Crippen molar-refractivity contribution in [1.82, 2.24) is 4.90 Å². The Morgan fingerprint density at radius 2 is 1.95 bits per heavy atom. The summed E-state index contributed by atoms with van der Waals surface area (Å²) in [7, 11) is 1.85. The molecule has 1 heterocycles. The molecule has 5 heteroatoms. The fourth-order valence-corrected chi connectivity index (χ4v) is 2.75. The molecule has 1 aromatic carbocycles. The Balaban J connectivity index is 1.94. The first kappa shape index (κ1) is 16.3. The highest BCUT2D eigenvalue weighted by Gasteiger charge is 2.17. The Hall–Kier alpha value is -1.07.